The van der Waals surface area contributed by atoms with Crippen LogP contribution < -0.4 is 5.32 Å². The molecule has 1 N–H and O–H groups in total. The highest BCUT2D eigenvalue weighted by Crippen LogP contribution is 2.24. The van der Waals surface area contributed by atoms with E-state index in [1.54, 1.807) is 11.8 Å². The van der Waals surface area contributed by atoms with Gasteiger partial charge in [0.05, 0.1) is 11.1 Å². The molecule has 0 bridgehead atoms. The second-order valence-corrected chi connectivity index (χ2v) is 7.22. The van der Waals surface area contributed by atoms with E-state index in [9.17, 15) is 0 Å². The third-order valence-electron chi connectivity index (χ3n) is 3.36. The first-order chi connectivity index (χ1) is 10.6. The molecule has 0 saturated heterocycles. The standard InChI is InChI=1S/C17H20Cl2N2S/c1-3-15(9-4-12(2)18)20-10-16-11-22-17(21-16)13-5-7-14(19)8-6-13/h3-8,15-16,20H,1,9-11H2,2H3/b12-4+. The molecule has 0 spiro atoms. The molecule has 1 aromatic carbocycles. The number of aliphatic imine (C=N–C) groups is 1. The van der Waals surface area contributed by atoms with Crippen molar-refractivity contribution in [1.29, 1.82) is 0 Å². The van der Waals surface area contributed by atoms with Gasteiger partial charge in [0.2, 0.25) is 0 Å². The highest BCUT2D eigenvalue weighted by Gasteiger charge is 2.19. The van der Waals surface area contributed by atoms with Crippen LogP contribution in [-0.2, 0) is 0 Å². The Bertz CT molecular complexity index is 563. The summed E-state index contributed by atoms with van der Waals surface area (Å²) in [5.74, 6) is 0.999. The van der Waals surface area contributed by atoms with Crippen LogP contribution in [-0.4, -0.2) is 29.4 Å². The first kappa shape index (κ1) is 17.6. The molecule has 118 valence electrons. The number of benzene rings is 1. The summed E-state index contributed by atoms with van der Waals surface area (Å²) in [6, 6.07) is 8.36. The normalized spacial score (nSPS) is 19.9. The number of hydrogen-bond acceptors (Lipinski definition) is 3. The summed E-state index contributed by atoms with van der Waals surface area (Å²) in [4.78, 5) is 4.79. The van der Waals surface area contributed by atoms with Gasteiger partial charge in [-0.2, -0.15) is 0 Å². The van der Waals surface area contributed by atoms with Gasteiger partial charge >= 0.3 is 0 Å². The molecule has 0 aromatic heterocycles. The number of halogens is 2. The summed E-state index contributed by atoms with van der Waals surface area (Å²) in [6.07, 6.45) is 4.78. The molecular formula is C17H20Cl2N2S. The van der Waals surface area contributed by atoms with Crippen molar-refractivity contribution < 1.29 is 0 Å². The minimum atomic E-state index is 0.230. The number of hydrogen-bond donors (Lipinski definition) is 1. The number of rotatable bonds is 7. The van der Waals surface area contributed by atoms with Gasteiger partial charge in [0.1, 0.15) is 0 Å². The van der Waals surface area contributed by atoms with E-state index < -0.39 is 0 Å². The second kappa shape index (κ2) is 8.78. The van der Waals surface area contributed by atoms with Crippen molar-refractivity contribution >= 4 is 40.0 Å². The Morgan fingerprint density at radius 3 is 2.86 bits per heavy atom. The minimum absolute atomic E-state index is 0.230. The molecular weight excluding hydrogens is 335 g/mol. The van der Waals surface area contributed by atoms with E-state index >= 15 is 0 Å². The molecule has 1 aliphatic rings. The van der Waals surface area contributed by atoms with E-state index in [0.29, 0.717) is 6.04 Å². The molecule has 0 fully saturated rings. The Hall–Kier alpha value is -0.740. The second-order valence-electron chi connectivity index (χ2n) is 5.18. The van der Waals surface area contributed by atoms with Gasteiger partial charge in [0, 0.05) is 34.0 Å². The summed E-state index contributed by atoms with van der Waals surface area (Å²) >= 11 is 13.6. The molecule has 1 aliphatic heterocycles. The Balaban J connectivity index is 1.88. The summed E-state index contributed by atoms with van der Waals surface area (Å²) < 4.78 is 0. The predicted octanol–water partition coefficient (Wildman–Crippen LogP) is 4.88. The third-order valence-corrected chi connectivity index (χ3v) is 4.93. The Morgan fingerprint density at radius 2 is 2.23 bits per heavy atom. The van der Waals surface area contributed by atoms with Crippen molar-refractivity contribution in [2.24, 2.45) is 4.99 Å². The average Bonchev–Trinajstić information content (AvgIpc) is 2.97. The van der Waals surface area contributed by atoms with Gasteiger partial charge in [-0.15, -0.1) is 18.3 Å². The van der Waals surface area contributed by atoms with Gasteiger partial charge in [-0.1, -0.05) is 47.5 Å². The van der Waals surface area contributed by atoms with Crippen LogP contribution in [0.2, 0.25) is 5.02 Å². The van der Waals surface area contributed by atoms with Gasteiger partial charge in [-0.3, -0.25) is 4.99 Å². The molecule has 2 unspecified atom stereocenters. The van der Waals surface area contributed by atoms with E-state index in [-0.39, 0.29) is 6.04 Å². The lowest BCUT2D eigenvalue weighted by Gasteiger charge is -2.14. The largest absolute Gasteiger partial charge is 0.308 e. The van der Waals surface area contributed by atoms with Gasteiger partial charge in [0.15, 0.2) is 0 Å². The molecule has 5 heteroatoms. The summed E-state index contributed by atoms with van der Waals surface area (Å²) in [5, 5.41) is 6.14. The highest BCUT2D eigenvalue weighted by molar-refractivity contribution is 8.14. The number of nitrogens with zero attached hydrogens (tertiary/aromatic N) is 1. The van der Waals surface area contributed by atoms with Crippen molar-refractivity contribution in [1.82, 2.24) is 5.32 Å². The van der Waals surface area contributed by atoms with E-state index in [1.807, 2.05) is 43.3 Å². The lowest BCUT2D eigenvalue weighted by molar-refractivity contribution is 0.560. The first-order valence-electron chi connectivity index (χ1n) is 7.23. The summed E-state index contributed by atoms with van der Waals surface area (Å²) in [5.41, 5.74) is 1.14. The summed E-state index contributed by atoms with van der Waals surface area (Å²) in [6.45, 7) is 6.60. The predicted molar refractivity (Wildman–Crippen MR) is 100 cm³/mol. The molecule has 2 atom stereocenters. The lowest BCUT2D eigenvalue weighted by atomic mass is 10.2. The van der Waals surface area contributed by atoms with E-state index in [4.69, 9.17) is 28.2 Å². The zero-order valence-electron chi connectivity index (χ0n) is 12.6. The molecule has 1 heterocycles. The fourth-order valence-electron chi connectivity index (χ4n) is 2.11. The smallest absolute Gasteiger partial charge is 0.0981 e. The maximum atomic E-state index is 5.92. The fraction of sp³-hybridized carbons (Fsp3) is 0.353. The van der Waals surface area contributed by atoms with Gasteiger partial charge in [0.25, 0.3) is 0 Å². The minimum Gasteiger partial charge on any atom is -0.308 e. The summed E-state index contributed by atoms with van der Waals surface area (Å²) in [7, 11) is 0. The highest BCUT2D eigenvalue weighted by atomic mass is 35.5. The third kappa shape index (κ3) is 5.47. The average molecular weight is 355 g/mol. The molecule has 2 rings (SSSR count). The molecule has 0 amide bonds. The van der Waals surface area contributed by atoms with Crippen LogP contribution in [0.5, 0.6) is 0 Å². The van der Waals surface area contributed by atoms with Crippen molar-refractivity contribution in [2.75, 3.05) is 12.3 Å². The van der Waals surface area contributed by atoms with Crippen LogP contribution in [0.15, 0.2) is 53.0 Å². The van der Waals surface area contributed by atoms with Crippen LogP contribution in [0.3, 0.4) is 0 Å². The maximum Gasteiger partial charge on any atom is 0.0981 e. The van der Waals surface area contributed by atoms with Crippen LogP contribution in [0.1, 0.15) is 18.9 Å². The monoisotopic (exact) mass is 354 g/mol. The van der Waals surface area contributed by atoms with Crippen LogP contribution >= 0.6 is 35.0 Å². The first-order valence-corrected chi connectivity index (χ1v) is 8.97. The van der Waals surface area contributed by atoms with Gasteiger partial charge in [-0.05, 0) is 25.5 Å². The number of nitrogens with one attached hydrogen (secondary N) is 1. The van der Waals surface area contributed by atoms with Crippen LogP contribution in [0.25, 0.3) is 0 Å². The number of allylic oxidation sites excluding steroid dienone is 1. The number of thioether (sulfide) groups is 1. The van der Waals surface area contributed by atoms with Crippen molar-refractivity contribution in [3.8, 4) is 0 Å². The SMILES string of the molecule is C=CC(C/C=C(\C)Cl)NCC1CSC(c2ccc(Cl)cc2)=N1. The van der Waals surface area contributed by atoms with Crippen LogP contribution in [0.4, 0.5) is 0 Å². The van der Waals surface area contributed by atoms with Gasteiger partial charge < -0.3 is 5.32 Å². The molecule has 2 nitrogen and oxygen atoms in total. The van der Waals surface area contributed by atoms with Crippen molar-refractivity contribution in [2.45, 2.75) is 25.4 Å². The molecule has 0 radical (unpaired) electrons. The lowest BCUT2D eigenvalue weighted by Crippen LogP contribution is -2.33. The maximum absolute atomic E-state index is 5.92. The zero-order valence-corrected chi connectivity index (χ0v) is 14.9. The van der Waals surface area contributed by atoms with Crippen LogP contribution in [0, 0.1) is 0 Å². The Morgan fingerprint density at radius 1 is 1.50 bits per heavy atom. The van der Waals surface area contributed by atoms with E-state index in [0.717, 1.165) is 39.4 Å². The quantitative estimate of drug-likeness (QED) is 0.705. The van der Waals surface area contributed by atoms with Crippen molar-refractivity contribution in [3.05, 3.63) is 58.6 Å². The molecule has 22 heavy (non-hydrogen) atoms. The topological polar surface area (TPSA) is 24.4 Å². The van der Waals surface area contributed by atoms with E-state index in [1.165, 1.54) is 0 Å². The molecule has 0 aliphatic carbocycles. The fourth-order valence-corrected chi connectivity index (χ4v) is 3.39. The molecule has 0 saturated carbocycles. The Labute approximate surface area is 146 Å². The van der Waals surface area contributed by atoms with Gasteiger partial charge in [-0.25, -0.2) is 0 Å². The van der Waals surface area contributed by atoms with Crippen molar-refractivity contribution in [3.63, 3.8) is 0 Å². The molecule has 1 aromatic rings. The Kier molecular flexibility index (Phi) is 7.03. The van der Waals surface area contributed by atoms with E-state index in [2.05, 4.69) is 11.9 Å². The zero-order chi connectivity index (χ0) is 15.9.